The lowest BCUT2D eigenvalue weighted by molar-refractivity contribution is -0.143. The van der Waals surface area contributed by atoms with Crippen LogP contribution in [0.2, 0.25) is 0 Å². The van der Waals surface area contributed by atoms with Crippen LogP contribution in [0.1, 0.15) is 0 Å². The molecule has 0 fully saturated rings. The lowest BCUT2D eigenvalue weighted by Crippen LogP contribution is -2.21. The first-order valence-electron chi connectivity index (χ1n) is 12.8. The van der Waals surface area contributed by atoms with Crippen LogP contribution in [0.4, 0.5) is 0 Å². The molecule has 0 spiro atoms. The third-order valence-electron chi connectivity index (χ3n) is 4.36. The van der Waals surface area contributed by atoms with Crippen LogP contribution in [-0.2, 0) is 56.8 Å². The Morgan fingerprint density at radius 3 is 0.784 bits per heavy atom. The van der Waals surface area contributed by atoms with Gasteiger partial charge in [0, 0.05) is 14.2 Å². The number of ether oxygens (including phenoxy) is 12. The van der Waals surface area contributed by atoms with Gasteiger partial charge in [0.05, 0.1) is 139 Å². The molecule has 13 heteroatoms. The Balaban J connectivity index is 3.04. The van der Waals surface area contributed by atoms with Gasteiger partial charge in [0.1, 0.15) is 0 Å². The molecule has 0 aromatic rings. The van der Waals surface area contributed by atoms with Gasteiger partial charge < -0.3 is 61.9 Å². The Morgan fingerprint density at radius 2 is 0.568 bits per heavy atom. The largest absolute Gasteiger partial charge is 0.394 e. The van der Waals surface area contributed by atoms with Crippen molar-refractivity contribution < 1.29 is 61.9 Å². The average molecular weight is 547 g/mol. The molecule has 0 atom stereocenters. The third-order valence-corrected chi connectivity index (χ3v) is 4.36. The van der Waals surface area contributed by atoms with Gasteiger partial charge in [-0.15, -0.1) is 0 Å². The summed E-state index contributed by atoms with van der Waals surface area (Å²) in [5.74, 6) is 0. The average Bonchev–Trinajstić information content (AvgIpc) is 2.92. The van der Waals surface area contributed by atoms with Gasteiger partial charge in [-0.3, -0.25) is 0 Å². The molecule has 0 heterocycles. The highest BCUT2D eigenvalue weighted by Crippen LogP contribution is 1.92. The van der Waals surface area contributed by atoms with Crippen molar-refractivity contribution in [2.24, 2.45) is 0 Å². The van der Waals surface area contributed by atoms with Crippen molar-refractivity contribution in [2.75, 3.05) is 153 Å². The monoisotopic (exact) mass is 546 g/mol. The zero-order valence-electron chi connectivity index (χ0n) is 22.8. The molecule has 0 aliphatic rings. The van der Waals surface area contributed by atoms with Gasteiger partial charge in [0.25, 0.3) is 0 Å². The fraction of sp³-hybridized carbons (Fsp3) is 1.00. The summed E-state index contributed by atoms with van der Waals surface area (Å²) in [5.41, 5.74) is 0. The SMILES string of the molecule is COC(COCCOCCOCCOCCOCCOCCOCCOCCOCCOCCO)OC. The van der Waals surface area contributed by atoms with Crippen LogP contribution in [0.15, 0.2) is 0 Å². The van der Waals surface area contributed by atoms with Gasteiger partial charge in [-0.05, 0) is 0 Å². The van der Waals surface area contributed by atoms with Crippen molar-refractivity contribution in [3.05, 3.63) is 0 Å². The van der Waals surface area contributed by atoms with Crippen molar-refractivity contribution >= 4 is 0 Å². The highest BCUT2D eigenvalue weighted by Gasteiger charge is 2.03. The van der Waals surface area contributed by atoms with E-state index >= 15 is 0 Å². The minimum atomic E-state index is -0.349. The Hall–Kier alpha value is -0.520. The molecule has 0 saturated heterocycles. The summed E-state index contributed by atoms with van der Waals surface area (Å²) in [6, 6.07) is 0. The minimum Gasteiger partial charge on any atom is -0.394 e. The number of methoxy groups -OCH3 is 2. The highest BCUT2D eigenvalue weighted by molar-refractivity contribution is 4.40. The topological polar surface area (TPSA) is 131 Å². The van der Waals surface area contributed by atoms with Gasteiger partial charge in [-0.25, -0.2) is 0 Å². The first kappa shape index (κ1) is 36.5. The lowest BCUT2D eigenvalue weighted by atomic mass is 10.6. The van der Waals surface area contributed by atoms with E-state index in [2.05, 4.69) is 0 Å². The molecule has 37 heavy (non-hydrogen) atoms. The molecule has 0 amide bonds. The molecular formula is C24H50O13. The van der Waals surface area contributed by atoms with E-state index in [1.54, 1.807) is 14.2 Å². The quantitative estimate of drug-likeness (QED) is 0.0859. The molecule has 0 saturated carbocycles. The number of hydrogen-bond donors (Lipinski definition) is 1. The molecule has 13 nitrogen and oxygen atoms in total. The van der Waals surface area contributed by atoms with Crippen molar-refractivity contribution in [3.8, 4) is 0 Å². The van der Waals surface area contributed by atoms with Gasteiger partial charge in [0.2, 0.25) is 0 Å². The minimum absolute atomic E-state index is 0.0262. The summed E-state index contributed by atoms with van der Waals surface area (Å²) in [4.78, 5) is 0. The van der Waals surface area contributed by atoms with Gasteiger partial charge in [-0.1, -0.05) is 0 Å². The van der Waals surface area contributed by atoms with Gasteiger partial charge in [-0.2, -0.15) is 0 Å². The van der Waals surface area contributed by atoms with Gasteiger partial charge >= 0.3 is 0 Å². The van der Waals surface area contributed by atoms with E-state index in [-0.39, 0.29) is 12.9 Å². The normalized spacial score (nSPS) is 11.7. The summed E-state index contributed by atoms with van der Waals surface area (Å²) in [6.45, 7) is 9.75. The molecular weight excluding hydrogens is 496 g/mol. The first-order valence-corrected chi connectivity index (χ1v) is 12.8. The molecule has 0 aliphatic carbocycles. The molecule has 0 bridgehead atoms. The smallest absolute Gasteiger partial charge is 0.180 e. The van der Waals surface area contributed by atoms with E-state index in [4.69, 9.17) is 61.9 Å². The Morgan fingerprint density at radius 1 is 0.351 bits per heavy atom. The van der Waals surface area contributed by atoms with E-state index in [0.717, 1.165) is 0 Å². The fourth-order valence-corrected chi connectivity index (χ4v) is 2.46. The highest BCUT2D eigenvalue weighted by atomic mass is 16.7. The summed E-state index contributed by atoms with van der Waals surface area (Å²) < 4.78 is 63.7. The number of hydrogen-bond acceptors (Lipinski definition) is 13. The third kappa shape index (κ3) is 31.6. The van der Waals surface area contributed by atoms with Crippen molar-refractivity contribution in [3.63, 3.8) is 0 Å². The van der Waals surface area contributed by atoms with Crippen LogP contribution in [0.25, 0.3) is 0 Å². The molecule has 0 radical (unpaired) electrons. The number of rotatable bonds is 33. The van der Waals surface area contributed by atoms with Crippen LogP contribution in [0, 0.1) is 0 Å². The fourth-order valence-electron chi connectivity index (χ4n) is 2.46. The molecule has 0 rings (SSSR count). The van der Waals surface area contributed by atoms with Crippen LogP contribution in [0.3, 0.4) is 0 Å². The Labute approximate surface area is 221 Å². The number of aliphatic hydroxyl groups excluding tert-OH is 1. The predicted molar refractivity (Wildman–Crippen MR) is 133 cm³/mol. The molecule has 0 aliphatic heterocycles. The summed E-state index contributed by atoms with van der Waals surface area (Å²) >= 11 is 0. The van der Waals surface area contributed by atoms with E-state index in [1.807, 2.05) is 0 Å². The van der Waals surface area contributed by atoms with Crippen molar-refractivity contribution in [1.29, 1.82) is 0 Å². The van der Waals surface area contributed by atoms with E-state index in [0.29, 0.717) is 132 Å². The summed E-state index contributed by atoms with van der Waals surface area (Å²) in [5, 5.41) is 8.56. The lowest BCUT2D eigenvalue weighted by Gasteiger charge is -2.13. The van der Waals surface area contributed by atoms with Gasteiger partial charge in [0.15, 0.2) is 6.29 Å². The molecule has 1 N–H and O–H groups in total. The van der Waals surface area contributed by atoms with E-state index < -0.39 is 0 Å². The summed E-state index contributed by atoms with van der Waals surface area (Å²) in [7, 11) is 3.14. The maximum Gasteiger partial charge on any atom is 0.180 e. The van der Waals surface area contributed by atoms with Crippen LogP contribution < -0.4 is 0 Å². The van der Waals surface area contributed by atoms with E-state index in [9.17, 15) is 0 Å². The molecule has 0 aromatic carbocycles. The first-order chi connectivity index (χ1) is 18.3. The second-order valence-corrected chi connectivity index (χ2v) is 7.21. The summed E-state index contributed by atoms with van der Waals surface area (Å²) in [6.07, 6.45) is -0.349. The van der Waals surface area contributed by atoms with Crippen LogP contribution in [0.5, 0.6) is 0 Å². The predicted octanol–water partition coefficient (Wildman–Crippen LogP) is -0.236. The zero-order chi connectivity index (χ0) is 26.9. The van der Waals surface area contributed by atoms with Crippen molar-refractivity contribution in [2.45, 2.75) is 6.29 Å². The molecule has 0 unspecified atom stereocenters. The van der Waals surface area contributed by atoms with Crippen LogP contribution >= 0.6 is 0 Å². The molecule has 0 aromatic heterocycles. The van der Waals surface area contributed by atoms with Crippen LogP contribution in [-0.4, -0.2) is 164 Å². The second kappa shape index (κ2) is 33.5. The zero-order valence-corrected chi connectivity index (χ0v) is 22.8. The van der Waals surface area contributed by atoms with E-state index in [1.165, 1.54) is 0 Å². The maximum absolute atomic E-state index is 8.56. The maximum atomic E-state index is 8.56. The second-order valence-electron chi connectivity index (χ2n) is 7.21. The standard InChI is InChI=1S/C24H50O13/c1-26-24(27-2)23-37-22-21-36-20-19-35-18-17-34-16-15-33-14-13-32-12-11-31-10-9-30-8-7-29-6-5-28-4-3-25/h24-25H,3-23H2,1-2H3. The van der Waals surface area contributed by atoms with Crippen molar-refractivity contribution in [1.82, 2.24) is 0 Å². The molecule has 224 valence electrons. The Bertz CT molecular complexity index is 403. The number of aliphatic hydroxyl groups is 1. The Kier molecular flexibility index (Phi) is 33.0.